The zero-order chi connectivity index (χ0) is 9.97. The molecule has 1 saturated heterocycles. The molecule has 1 atom stereocenters. The Kier molecular flexibility index (Phi) is 2.84. The minimum Gasteiger partial charge on any atom is -0.394 e. The van der Waals surface area contributed by atoms with Gasteiger partial charge in [-0.1, -0.05) is 0 Å². The molecule has 2 heterocycles. The Morgan fingerprint density at radius 1 is 1.71 bits per heavy atom. The Bertz CT molecular complexity index is 324. The Morgan fingerprint density at radius 2 is 2.57 bits per heavy atom. The molecule has 76 valence electrons. The fraction of sp³-hybridized carbons (Fsp3) is 0.500. The minimum absolute atomic E-state index is 0.201. The number of carbonyl (C=O) groups excluding carboxylic acids is 1. The molecule has 1 N–H and O–H groups in total. The van der Waals surface area contributed by atoms with Gasteiger partial charge in [-0.05, 0) is 18.9 Å². The van der Waals surface area contributed by atoms with Crippen molar-refractivity contribution in [2.45, 2.75) is 18.9 Å². The van der Waals surface area contributed by atoms with E-state index in [9.17, 15) is 4.79 Å². The molecule has 3 nitrogen and oxygen atoms in total. The van der Waals surface area contributed by atoms with E-state index in [-0.39, 0.29) is 12.6 Å². The lowest BCUT2D eigenvalue weighted by atomic mass is 10.2. The lowest BCUT2D eigenvalue weighted by Crippen LogP contribution is -2.31. The van der Waals surface area contributed by atoms with E-state index in [1.165, 1.54) is 11.3 Å². The van der Waals surface area contributed by atoms with E-state index in [0.717, 1.165) is 36.2 Å². The largest absolute Gasteiger partial charge is 0.394 e. The number of hydrogen-bond donors (Lipinski definition) is 1. The predicted molar refractivity (Wildman–Crippen MR) is 57.2 cm³/mol. The number of aliphatic hydroxyl groups excluding tert-OH is 1. The van der Waals surface area contributed by atoms with Crippen LogP contribution in [0.5, 0.6) is 0 Å². The van der Waals surface area contributed by atoms with Crippen LogP contribution in [0.25, 0.3) is 0 Å². The third-order valence-electron chi connectivity index (χ3n) is 2.64. The maximum Gasteiger partial charge on any atom is 0.160 e. The average molecular weight is 211 g/mol. The normalized spacial score (nSPS) is 21.5. The van der Waals surface area contributed by atoms with Crippen LogP contribution in [0.4, 0.5) is 5.69 Å². The molecule has 0 bridgehead atoms. The molecule has 1 aliphatic heterocycles. The van der Waals surface area contributed by atoms with Crippen LogP contribution >= 0.6 is 11.3 Å². The molecule has 14 heavy (non-hydrogen) atoms. The van der Waals surface area contributed by atoms with Gasteiger partial charge in [-0.2, -0.15) is 0 Å². The summed E-state index contributed by atoms with van der Waals surface area (Å²) in [4.78, 5) is 13.5. The highest BCUT2D eigenvalue weighted by Crippen LogP contribution is 2.28. The van der Waals surface area contributed by atoms with Gasteiger partial charge in [-0.25, -0.2) is 0 Å². The smallest absolute Gasteiger partial charge is 0.160 e. The van der Waals surface area contributed by atoms with Crippen molar-refractivity contribution in [3.05, 3.63) is 16.3 Å². The quantitative estimate of drug-likeness (QED) is 0.771. The van der Waals surface area contributed by atoms with Crippen molar-refractivity contribution in [3.63, 3.8) is 0 Å². The van der Waals surface area contributed by atoms with E-state index in [0.29, 0.717) is 0 Å². The van der Waals surface area contributed by atoms with E-state index >= 15 is 0 Å². The first-order valence-corrected chi connectivity index (χ1v) is 5.64. The second kappa shape index (κ2) is 4.11. The second-order valence-corrected chi connectivity index (χ2v) is 4.44. The summed E-state index contributed by atoms with van der Waals surface area (Å²) in [6.45, 7) is 1.19. The summed E-state index contributed by atoms with van der Waals surface area (Å²) in [7, 11) is 0. The van der Waals surface area contributed by atoms with Gasteiger partial charge < -0.3 is 10.0 Å². The summed E-state index contributed by atoms with van der Waals surface area (Å²) < 4.78 is 0. The molecule has 2 rings (SSSR count). The zero-order valence-electron chi connectivity index (χ0n) is 7.85. The molecule has 4 heteroatoms. The third-order valence-corrected chi connectivity index (χ3v) is 3.49. The van der Waals surface area contributed by atoms with Gasteiger partial charge in [0.05, 0.1) is 17.5 Å². The number of anilines is 1. The fourth-order valence-corrected chi connectivity index (χ4v) is 2.62. The van der Waals surface area contributed by atoms with Crippen LogP contribution in [-0.2, 0) is 0 Å². The van der Waals surface area contributed by atoms with Gasteiger partial charge in [-0.15, -0.1) is 11.3 Å². The molecule has 0 saturated carbocycles. The van der Waals surface area contributed by atoms with Crippen LogP contribution in [0, 0.1) is 0 Å². The number of rotatable bonds is 3. The fourth-order valence-electron chi connectivity index (χ4n) is 1.92. The highest BCUT2D eigenvalue weighted by atomic mass is 32.1. The summed E-state index contributed by atoms with van der Waals surface area (Å²) in [6.07, 6.45) is 3.04. The highest BCUT2D eigenvalue weighted by molar-refractivity contribution is 7.12. The summed E-state index contributed by atoms with van der Waals surface area (Å²) in [5.74, 6) is 0. The molecule has 1 aromatic rings. The summed E-state index contributed by atoms with van der Waals surface area (Å²) >= 11 is 1.46. The molecule has 0 radical (unpaired) electrons. The highest BCUT2D eigenvalue weighted by Gasteiger charge is 2.24. The van der Waals surface area contributed by atoms with E-state index in [1.54, 1.807) is 0 Å². The van der Waals surface area contributed by atoms with E-state index in [1.807, 2.05) is 11.4 Å². The van der Waals surface area contributed by atoms with Crippen molar-refractivity contribution < 1.29 is 9.90 Å². The van der Waals surface area contributed by atoms with Crippen LogP contribution < -0.4 is 4.90 Å². The average Bonchev–Trinajstić information content (AvgIpc) is 2.85. The molecular formula is C10H13NO2S. The van der Waals surface area contributed by atoms with Gasteiger partial charge in [0.1, 0.15) is 0 Å². The van der Waals surface area contributed by atoms with Crippen molar-refractivity contribution in [1.29, 1.82) is 0 Å². The topological polar surface area (TPSA) is 40.5 Å². The number of thiophene rings is 1. The first-order chi connectivity index (χ1) is 6.85. The minimum atomic E-state index is 0.201. The number of hydrogen-bond acceptors (Lipinski definition) is 4. The van der Waals surface area contributed by atoms with E-state index < -0.39 is 0 Å². The molecular weight excluding hydrogens is 198 g/mol. The standard InChI is InChI=1S/C10H13NO2S/c12-5-8-2-1-3-11(8)9-4-10(6-13)14-7-9/h4,6-8,12H,1-3,5H2/t8-/m1/s1. The van der Waals surface area contributed by atoms with Crippen molar-refractivity contribution in [1.82, 2.24) is 0 Å². The Balaban J connectivity index is 2.17. The molecule has 0 unspecified atom stereocenters. The lowest BCUT2D eigenvalue weighted by Gasteiger charge is -2.23. The number of nitrogens with zero attached hydrogens (tertiary/aromatic N) is 1. The Hall–Kier alpha value is -0.870. The molecule has 1 aliphatic rings. The summed E-state index contributed by atoms with van der Waals surface area (Å²) in [6, 6.07) is 2.13. The van der Waals surface area contributed by atoms with Crippen molar-refractivity contribution in [2.24, 2.45) is 0 Å². The number of aldehydes is 1. The van der Waals surface area contributed by atoms with E-state index in [2.05, 4.69) is 4.90 Å². The van der Waals surface area contributed by atoms with Gasteiger partial charge in [0.25, 0.3) is 0 Å². The molecule has 0 spiro atoms. The Labute approximate surface area is 87.0 Å². The SMILES string of the molecule is O=Cc1cc(N2CCC[C@@H]2CO)cs1. The van der Waals surface area contributed by atoms with Crippen LogP contribution in [0.3, 0.4) is 0 Å². The van der Waals surface area contributed by atoms with Crippen molar-refractivity contribution in [3.8, 4) is 0 Å². The van der Waals surface area contributed by atoms with Gasteiger partial charge in [0, 0.05) is 17.6 Å². The van der Waals surface area contributed by atoms with Crippen LogP contribution in [0.15, 0.2) is 11.4 Å². The molecule has 1 fully saturated rings. The maximum absolute atomic E-state index is 10.5. The van der Waals surface area contributed by atoms with Crippen molar-refractivity contribution in [2.75, 3.05) is 18.1 Å². The lowest BCUT2D eigenvalue weighted by molar-refractivity contribution is 0.112. The zero-order valence-corrected chi connectivity index (χ0v) is 8.67. The van der Waals surface area contributed by atoms with Crippen LogP contribution in [0.2, 0.25) is 0 Å². The van der Waals surface area contributed by atoms with Crippen LogP contribution in [0.1, 0.15) is 22.5 Å². The predicted octanol–water partition coefficient (Wildman–Crippen LogP) is 1.52. The maximum atomic E-state index is 10.5. The van der Waals surface area contributed by atoms with E-state index in [4.69, 9.17) is 5.11 Å². The molecule has 0 amide bonds. The number of carbonyl (C=O) groups is 1. The van der Waals surface area contributed by atoms with Gasteiger partial charge in [0.15, 0.2) is 6.29 Å². The molecule has 0 aliphatic carbocycles. The first-order valence-electron chi connectivity index (χ1n) is 4.76. The number of aliphatic hydroxyl groups is 1. The van der Waals surface area contributed by atoms with Gasteiger partial charge in [0.2, 0.25) is 0 Å². The summed E-state index contributed by atoms with van der Waals surface area (Å²) in [5, 5.41) is 11.1. The van der Waals surface area contributed by atoms with Gasteiger partial charge >= 0.3 is 0 Å². The summed E-state index contributed by atoms with van der Waals surface area (Å²) in [5.41, 5.74) is 1.08. The molecule has 0 aromatic carbocycles. The van der Waals surface area contributed by atoms with Crippen LogP contribution in [-0.4, -0.2) is 30.6 Å². The van der Waals surface area contributed by atoms with Gasteiger partial charge in [-0.3, -0.25) is 4.79 Å². The van der Waals surface area contributed by atoms with Crippen molar-refractivity contribution >= 4 is 23.3 Å². The Morgan fingerprint density at radius 3 is 3.21 bits per heavy atom. The molecule has 1 aromatic heterocycles. The first kappa shape index (κ1) is 9.68. The monoisotopic (exact) mass is 211 g/mol. The second-order valence-electron chi connectivity index (χ2n) is 3.50. The third kappa shape index (κ3) is 1.67.